The van der Waals surface area contributed by atoms with Crippen molar-refractivity contribution in [3.63, 3.8) is 0 Å². The normalized spacial score (nSPS) is 18.3. The van der Waals surface area contributed by atoms with Crippen LogP contribution in [0.4, 0.5) is 5.82 Å². The Balaban J connectivity index is 1.44. The number of anilines is 1. The van der Waals surface area contributed by atoms with E-state index in [0.29, 0.717) is 10.0 Å². The van der Waals surface area contributed by atoms with Gasteiger partial charge in [-0.15, -0.1) is 0 Å². The molecular formula is C21H17Cl2N3O6S2. The number of sulfonamides is 1. The summed E-state index contributed by atoms with van der Waals surface area (Å²) in [7, 11) is -4.25. The van der Waals surface area contributed by atoms with Crippen molar-refractivity contribution in [2.45, 2.75) is 22.4 Å². The fraction of sp³-hybridized carbons (Fsp3) is 0.190. The molecule has 4 rings (SSSR count). The number of carbonyl (C=O) groups excluding carboxylic acids is 2. The van der Waals surface area contributed by atoms with Crippen LogP contribution in [0.15, 0.2) is 57.9 Å². The molecule has 13 heteroatoms. The van der Waals surface area contributed by atoms with Crippen LogP contribution >= 0.6 is 23.2 Å². The standard InChI is InChI=1S/C21H17Cl2N3O6S2/c1-26-19(20(27)14-4-2-3-5-17(14)34(26,30)31)21(28)24-18-9-13(32-25-18)11-33(29)10-12-6-7-15(22)16(23)8-12/h2-9,19H,10-11H2,1H3,(H,24,25,28). The molecule has 1 amide bonds. The van der Waals surface area contributed by atoms with E-state index in [1.165, 1.54) is 30.3 Å². The van der Waals surface area contributed by atoms with Gasteiger partial charge in [-0.05, 0) is 29.8 Å². The molecule has 0 spiro atoms. The lowest BCUT2D eigenvalue weighted by Gasteiger charge is -2.30. The Morgan fingerprint density at radius 2 is 1.88 bits per heavy atom. The summed E-state index contributed by atoms with van der Waals surface area (Å²) in [5.41, 5.74) is 0.667. The number of Topliss-reactive ketones (excluding diaryl/α,β-unsaturated/α-hetero) is 1. The van der Waals surface area contributed by atoms with Gasteiger partial charge in [0.25, 0.3) is 5.91 Å². The summed E-state index contributed by atoms with van der Waals surface area (Å²) >= 11 is 11.9. The summed E-state index contributed by atoms with van der Waals surface area (Å²) < 4.78 is 43.8. The van der Waals surface area contributed by atoms with E-state index in [2.05, 4.69) is 10.5 Å². The van der Waals surface area contributed by atoms with Crippen LogP contribution in [0.2, 0.25) is 10.0 Å². The van der Waals surface area contributed by atoms with Crippen LogP contribution in [0.5, 0.6) is 0 Å². The summed E-state index contributed by atoms with van der Waals surface area (Å²) in [6.45, 7) is 0. The van der Waals surface area contributed by atoms with Gasteiger partial charge in [0.05, 0.1) is 20.7 Å². The highest BCUT2D eigenvalue weighted by molar-refractivity contribution is 7.89. The quantitative estimate of drug-likeness (QED) is 0.474. The van der Waals surface area contributed by atoms with Crippen molar-refractivity contribution in [3.8, 4) is 0 Å². The maximum Gasteiger partial charge on any atom is 0.252 e. The Kier molecular flexibility index (Phi) is 6.92. The van der Waals surface area contributed by atoms with Crippen molar-refractivity contribution in [2.24, 2.45) is 0 Å². The van der Waals surface area contributed by atoms with Gasteiger partial charge in [0, 0.05) is 35.2 Å². The molecule has 0 aliphatic carbocycles. The fourth-order valence-corrected chi connectivity index (χ4v) is 6.35. The minimum Gasteiger partial charge on any atom is -0.358 e. The summed E-state index contributed by atoms with van der Waals surface area (Å²) in [4.78, 5) is 25.5. The zero-order valence-corrected chi connectivity index (χ0v) is 20.7. The molecule has 0 fully saturated rings. The molecule has 0 bridgehead atoms. The minimum atomic E-state index is -4.04. The Bertz CT molecular complexity index is 1420. The van der Waals surface area contributed by atoms with Crippen LogP contribution < -0.4 is 5.32 Å². The van der Waals surface area contributed by atoms with Crippen LogP contribution in [0.25, 0.3) is 0 Å². The van der Waals surface area contributed by atoms with Crippen LogP contribution in [0.3, 0.4) is 0 Å². The third-order valence-corrected chi connectivity index (χ3v) is 8.98. The summed E-state index contributed by atoms with van der Waals surface area (Å²) in [5.74, 6) is -1.15. The number of fused-ring (bicyclic) bond motifs is 1. The van der Waals surface area contributed by atoms with Gasteiger partial charge in [0.2, 0.25) is 10.0 Å². The van der Waals surface area contributed by atoms with Crippen molar-refractivity contribution in [1.82, 2.24) is 9.46 Å². The molecule has 0 saturated heterocycles. The molecule has 9 nitrogen and oxygen atoms in total. The molecule has 0 saturated carbocycles. The van der Waals surface area contributed by atoms with Crippen molar-refractivity contribution in [2.75, 3.05) is 12.4 Å². The zero-order chi connectivity index (χ0) is 24.6. The number of likely N-dealkylation sites (N-methyl/N-ethyl adjacent to an activating group) is 1. The molecule has 2 unspecified atom stereocenters. The molecular weight excluding hydrogens is 525 g/mol. The monoisotopic (exact) mass is 541 g/mol. The highest BCUT2D eigenvalue weighted by atomic mass is 35.5. The van der Waals surface area contributed by atoms with E-state index in [-0.39, 0.29) is 33.5 Å². The van der Waals surface area contributed by atoms with E-state index < -0.39 is 38.6 Å². The van der Waals surface area contributed by atoms with Crippen LogP contribution in [0.1, 0.15) is 21.7 Å². The Morgan fingerprint density at radius 3 is 2.62 bits per heavy atom. The number of amides is 1. The summed E-state index contributed by atoms with van der Waals surface area (Å²) in [5, 5.41) is 6.85. The van der Waals surface area contributed by atoms with Crippen LogP contribution in [-0.4, -0.2) is 46.9 Å². The second-order valence-corrected chi connectivity index (χ2v) is 11.7. The first-order valence-corrected chi connectivity index (χ1v) is 13.4. The Hall–Kier alpha value is -2.57. The molecule has 2 atom stereocenters. The van der Waals surface area contributed by atoms with E-state index in [9.17, 15) is 22.2 Å². The Morgan fingerprint density at radius 1 is 1.15 bits per heavy atom. The highest BCUT2D eigenvalue weighted by Gasteiger charge is 2.45. The maximum atomic E-state index is 12.8. The van der Waals surface area contributed by atoms with Gasteiger partial charge < -0.3 is 9.84 Å². The van der Waals surface area contributed by atoms with E-state index in [0.717, 1.165) is 16.9 Å². The smallest absolute Gasteiger partial charge is 0.252 e. The minimum absolute atomic E-state index is 0.00708. The number of halogens is 2. The van der Waals surface area contributed by atoms with Gasteiger partial charge in [0.1, 0.15) is 0 Å². The lowest BCUT2D eigenvalue weighted by Crippen LogP contribution is -2.53. The van der Waals surface area contributed by atoms with Crippen molar-refractivity contribution in [3.05, 3.63) is 75.5 Å². The third-order valence-electron chi connectivity index (χ3n) is 5.09. The zero-order valence-electron chi connectivity index (χ0n) is 17.5. The number of aromatic nitrogens is 1. The molecule has 2 aromatic carbocycles. The molecule has 34 heavy (non-hydrogen) atoms. The van der Waals surface area contributed by atoms with Crippen LogP contribution in [-0.2, 0) is 37.1 Å². The SMILES string of the molecule is CN1C(C(=O)Nc2cc(CS(=O)Cc3ccc(Cl)c(Cl)c3)on2)C(=O)c2ccccc2S1(=O)=O. The highest BCUT2D eigenvalue weighted by Crippen LogP contribution is 2.29. The first kappa shape index (κ1) is 24.6. The summed E-state index contributed by atoms with van der Waals surface area (Å²) in [6.07, 6.45) is 0. The number of hydrogen-bond acceptors (Lipinski definition) is 7. The number of carbonyl (C=O) groups is 2. The lowest BCUT2D eigenvalue weighted by molar-refractivity contribution is -0.118. The molecule has 2 heterocycles. The van der Waals surface area contributed by atoms with Gasteiger partial charge in [-0.1, -0.05) is 46.6 Å². The number of hydrogen-bond donors (Lipinski definition) is 1. The van der Waals surface area contributed by atoms with E-state index in [1.54, 1.807) is 18.2 Å². The first-order valence-electron chi connectivity index (χ1n) is 9.74. The average molecular weight is 542 g/mol. The number of benzene rings is 2. The van der Waals surface area contributed by atoms with Crippen molar-refractivity contribution >= 4 is 61.5 Å². The van der Waals surface area contributed by atoms with Gasteiger partial charge in [-0.3, -0.25) is 13.8 Å². The Labute approximate surface area is 207 Å². The van der Waals surface area contributed by atoms with Gasteiger partial charge in [0.15, 0.2) is 23.4 Å². The molecule has 0 radical (unpaired) electrons. The molecule has 1 aliphatic rings. The second kappa shape index (κ2) is 9.59. The second-order valence-electron chi connectivity index (χ2n) is 7.43. The summed E-state index contributed by atoms with van der Waals surface area (Å²) in [6, 6.07) is 10.4. The van der Waals surface area contributed by atoms with E-state index in [4.69, 9.17) is 27.7 Å². The van der Waals surface area contributed by atoms with Crippen molar-refractivity contribution in [1.29, 1.82) is 0 Å². The maximum absolute atomic E-state index is 12.8. The average Bonchev–Trinajstić information content (AvgIpc) is 3.21. The van der Waals surface area contributed by atoms with Crippen molar-refractivity contribution < 1.29 is 26.7 Å². The van der Waals surface area contributed by atoms with Crippen LogP contribution in [0, 0.1) is 0 Å². The number of nitrogens with one attached hydrogen (secondary N) is 1. The predicted octanol–water partition coefficient (Wildman–Crippen LogP) is 3.25. The topological polar surface area (TPSA) is 127 Å². The van der Waals surface area contributed by atoms with E-state index in [1.807, 2.05) is 0 Å². The largest absolute Gasteiger partial charge is 0.358 e. The predicted molar refractivity (Wildman–Crippen MR) is 127 cm³/mol. The van der Waals surface area contributed by atoms with Gasteiger partial charge in [-0.2, -0.15) is 4.31 Å². The first-order chi connectivity index (χ1) is 16.1. The van der Waals surface area contributed by atoms with Gasteiger partial charge in [-0.25, -0.2) is 8.42 Å². The lowest BCUT2D eigenvalue weighted by atomic mass is 10.0. The number of ketones is 1. The number of rotatable bonds is 6. The fourth-order valence-electron chi connectivity index (χ4n) is 3.45. The molecule has 1 N–H and O–H groups in total. The van der Waals surface area contributed by atoms with E-state index >= 15 is 0 Å². The molecule has 1 aromatic heterocycles. The molecule has 178 valence electrons. The third kappa shape index (κ3) is 4.80. The molecule has 3 aromatic rings. The number of nitrogens with zero attached hydrogens (tertiary/aromatic N) is 2. The molecule has 1 aliphatic heterocycles. The van der Waals surface area contributed by atoms with Gasteiger partial charge >= 0.3 is 0 Å².